The van der Waals surface area contributed by atoms with Gasteiger partial charge in [-0.1, -0.05) is 60.7 Å². The van der Waals surface area contributed by atoms with Gasteiger partial charge in [-0.2, -0.15) is 0 Å². The van der Waals surface area contributed by atoms with Gasteiger partial charge in [0.15, 0.2) is 5.43 Å². The minimum Gasteiger partial charge on any atom is -0.368 e. The highest BCUT2D eigenvalue weighted by atomic mass is 16.1. The fraction of sp³-hybridized carbons (Fsp3) is 0.185. The van der Waals surface area contributed by atoms with E-state index in [-0.39, 0.29) is 17.3 Å². The minimum atomic E-state index is -0.542. The van der Waals surface area contributed by atoms with E-state index in [0.29, 0.717) is 10.9 Å². The van der Waals surface area contributed by atoms with Crippen molar-refractivity contribution >= 4 is 16.8 Å². The maximum Gasteiger partial charge on any atom is 0.240 e. The lowest BCUT2D eigenvalue weighted by Crippen LogP contribution is -2.34. The fourth-order valence-corrected chi connectivity index (χ4v) is 4.93. The molecule has 0 saturated carbocycles. The van der Waals surface area contributed by atoms with Crippen molar-refractivity contribution in [2.24, 2.45) is 11.7 Å². The van der Waals surface area contributed by atoms with Crippen LogP contribution in [0.4, 0.5) is 0 Å². The first-order chi connectivity index (χ1) is 15.0. The number of hydrogen-bond donors (Lipinski definition) is 1. The summed E-state index contributed by atoms with van der Waals surface area (Å²) in [7, 11) is 0. The molecule has 31 heavy (non-hydrogen) atoms. The minimum absolute atomic E-state index is 0.0321. The average Bonchev–Trinajstić information content (AvgIpc) is 3.19. The summed E-state index contributed by atoms with van der Waals surface area (Å²) in [6, 6.07) is 23.1. The molecule has 1 unspecified atom stereocenters. The van der Waals surface area contributed by atoms with Crippen LogP contribution in [0.2, 0.25) is 0 Å². The first-order valence-electron chi connectivity index (χ1n) is 10.6. The molecule has 5 rings (SSSR count). The van der Waals surface area contributed by atoms with Crippen LogP contribution in [-0.2, 0) is 17.6 Å². The normalized spacial score (nSPS) is 14.5. The Morgan fingerprint density at radius 1 is 0.968 bits per heavy atom. The van der Waals surface area contributed by atoms with Crippen LogP contribution >= 0.6 is 0 Å². The van der Waals surface area contributed by atoms with E-state index < -0.39 is 6.04 Å². The first-order valence-corrected chi connectivity index (χ1v) is 10.6. The van der Waals surface area contributed by atoms with Gasteiger partial charge >= 0.3 is 0 Å². The number of nitrogens with zero attached hydrogens (tertiary/aromatic N) is 1. The number of aryl methyl sites for hydroxylation is 1. The third-order valence-electron chi connectivity index (χ3n) is 6.39. The number of carbonyl (C=O) groups excluding carboxylic acids is 1. The van der Waals surface area contributed by atoms with Gasteiger partial charge in [-0.25, -0.2) is 0 Å². The number of rotatable bonds is 4. The predicted octanol–water partition coefficient (Wildman–Crippen LogP) is 4.42. The molecule has 0 fully saturated rings. The molecular formula is C27H24N2O2. The summed E-state index contributed by atoms with van der Waals surface area (Å²) in [5.41, 5.74) is 11.7. The molecule has 0 bridgehead atoms. The molecule has 1 heterocycles. The lowest BCUT2D eigenvalue weighted by molar-refractivity contribution is -0.122. The summed E-state index contributed by atoms with van der Waals surface area (Å²) in [4.78, 5) is 26.2. The molecule has 1 aliphatic carbocycles. The smallest absolute Gasteiger partial charge is 0.240 e. The van der Waals surface area contributed by atoms with Crippen LogP contribution in [-0.4, -0.2) is 10.5 Å². The average molecular weight is 409 g/mol. The Labute approximate surface area is 181 Å². The van der Waals surface area contributed by atoms with E-state index in [1.165, 1.54) is 11.1 Å². The van der Waals surface area contributed by atoms with E-state index in [0.717, 1.165) is 29.5 Å². The Morgan fingerprint density at radius 2 is 1.61 bits per heavy atom. The van der Waals surface area contributed by atoms with Gasteiger partial charge in [0, 0.05) is 17.1 Å². The second-order valence-electron chi connectivity index (χ2n) is 8.45. The van der Waals surface area contributed by atoms with Gasteiger partial charge in [0.25, 0.3) is 0 Å². The number of amides is 1. The van der Waals surface area contributed by atoms with Crippen molar-refractivity contribution in [3.05, 3.63) is 106 Å². The van der Waals surface area contributed by atoms with Gasteiger partial charge in [0.2, 0.25) is 5.91 Å². The number of primary amides is 1. The standard InChI is InChI=1S/C27H24N2O2/c1-17-11-12-22-24(13-17)29(16-23(26(22)30)18-7-3-2-4-8-18)25(27(28)31)21-14-19-9-5-6-10-20(19)15-21/h2-13,16,21,25H,14-15H2,1H3,(H2,28,31). The lowest BCUT2D eigenvalue weighted by atomic mass is 9.94. The second kappa shape index (κ2) is 7.55. The van der Waals surface area contributed by atoms with Crippen molar-refractivity contribution < 1.29 is 4.79 Å². The third kappa shape index (κ3) is 3.34. The Kier molecular flexibility index (Phi) is 4.70. The molecule has 1 amide bonds. The van der Waals surface area contributed by atoms with Crippen molar-refractivity contribution in [2.75, 3.05) is 0 Å². The van der Waals surface area contributed by atoms with Gasteiger partial charge in [-0.05, 0) is 60.1 Å². The van der Waals surface area contributed by atoms with Crippen molar-refractivity contribution in [2.45, 2.75) is 25.8 Å². The highest BCUT2D eigenvalue weighted by molar-refractivity contribution is 5.88. The largest absolute Gasteiger partial charge is 0.368 e. The Hall–Kier alpha value is -3.66. The summed E-state index contributed by atoms with van der Waals surface area (Å²) in [6.45, 7) is 1.99. The fourth-order valence-electron chi connectivity index (χ4n) is 4.93. The summed E-state index contributed by atoms with van der Waals surface area (Å²) >= 11 is 0. The van der Waals surface area contributed by atoms with Crippen LogP contribution in [0.3, 0.4) is 0 Å². The van der Waals surface area contributed by atoms with E-state index in [4.69, 9.17) is 5.73 Å². The molecule has 4 heteroatoms. The van der Waals surface area contributed by atoms with E-state index in [1.807, 2.05) is 78.4 Å². The molecule has 0 spiro atoms. The molecule has 1 atom stereocenters. The van der Waals surface area contributed by atoms with Crippen molar-refractivity contribution in [1.82, 2.24) is 4.57 Å². The third-order valence-corrected chi connectivity index (χ3v) is 6.39. The van der Waals surface area contributed by atoms with Crippen LogP contribution in [0, 0.1) is 12.8 Å². The van der Waals surface area contributed by atoms with Crippen molar-refractivity contribution in [3.63, 3.8) is 0 Å². The second-order valence-corrected chi connectivity index (χ2v) is 8.45. The molecule has 0 saturated heterocycles. The van der Waals surface area contributed by atoms with Gasteiger partial charge in [0.1, 0.15) is 6.04 Å². The number of fused-ring (bicyclic) bond motifs is 2. The zero-order chi connectivity index (χ0) is 21.5. The SMILES string of the molecule is Cc1ccc2c(=O)c(-c3ccccc3)cn(C(C(N)=O)C3Cc4ccccc4C3)c2c1. The Bertz CT molecular complexity index is 1330. The van der Waals surface area contributed by atoms with Gasteiger partial charge in [-0.3, -0.25) is 9.59 Å². The Balaban J connectivity index is 1.74. The van der Waals surface area contributed by atoms with Crippen LogP contribution in [0.5, 0.6) is 0 Å². The topological polar surface area (TPSA) is 65.1 Å². The van der Waals surface area contributed by atoms with Crippen molar-refractivity contribution in [1.29, 1.82) is 0 Å². The first kappa shape index (κ1) is 19.3. The molecule has 3 aromatic carbocycles. The number of nitrogens with two attached hydrogens (primary N) is 1. The van der Waals surface area contributed by atoms with Crippen LogP contribution < -0.4 is 11.2 Å². The monoisotopic (exact) mass is 408 g/mol. The molecule has 2 N–H and O–H groups in total. The maximum atomic E-state index is 13.4. The summed E-state index contributed by atoms with van der Waals surface area (Å²) < 4.78 is 1.95. The van der Waals surface area contributed by atoms with Crippen molar-refractivity contribution in [3.8, 4) is 11.1 Å². The van der Waals surface area contributed by atoms with Gasteiger partial charge < -0.3 is 10.3 Å². The highest BCUT2D eigenvalue weighted by Gasteiger charge is 2.34. The molecule has 154 valence electrons. The predicted molar refractivity (Wildman–Crippen MR) is 124 cm³/mol. The zero-order valence-electron chi connectivity index (χ0n) is 17.4. The van der Waals surface area contributed by atoms with Crippen LogP contribution in [0.25, 0.3) is 22.0 Å². The summed E-state index contributed by atoms with van der Waals surface area (Å²) in [5, 5.41) is 0.605. The number of pyridine rings is 1. The number of carbonyl (C=O) groups is 1. The molecule has 4 aromatic rings. The summed E-state index contributed by atoms with van der Waals surface area (Å²) in [5.74, 6) is -0.326. The molecule has 0 aliphatic heterocycles. The molecule has 4 nitrogen and oxygen atoms in total. The van der Waals surface area contributed by atoms with E-state index >= 15 is 0 Å². The number of benzene rings is 3. The van der Waals surface area contributed by atoms with Gasteiger partial charge in [0.05, 0.1) is 5.52 Å². The molecule has 1 aliphatic rings. The Morgan fingerprint density at radius 3 is 2.26 bits per heavy atom. The van der Waals surface area contributed by atoms with Crippen LogP contribution in [0.1, 0.15) is 22.7 Å². The molecule has 1 aromatic heterocycles. The van der Waals surface area contributed by atoms with E-state index in [9.17, 15) is 9.59 Å². The van der Waals surface area contributed by atoms with E-state index in [1.54, 1.807) is 0 Å². The quantitative estimate of drug-likeness (QED) is 0.543. The lowest BCUT2D eigenvalue weighted by Gasteiger charge is -2.26. The highest BCUT2D eigenvalue weighted by Crippen LogP contribution is 2.36. The molecular weight excluding hydrogens is 384 g/mol. The van der Waals surface area contributed by atoms with E-state index in [2.05, 4.69) is 12.1 Å². The summed E-state index contributed by atoms with van der Waals surface area (Å²) in [6.07, 6.45) is 3.42. The molecule has 0 radical (unpaired) electrons. The van der Waals surface area contributed by atoms with Gasteiger partial charge in [-0.15, -0.1) is 0 Å². The van der Waals surface area contributed by atoms with Crippen LogP contribution in [0.15, 0.2) is 83.8 Å². The number of aromatic nitrogens is 1. The maximum absolute atomic E-state index is 13.4. The zero-order valence-corrected chi connectivity index (χ0v) is 17.4. The number of hydrogen-bond acceptors (Lipinski definition) is 2.